The smallest absolute Gasteiger partial charge is 0.320 e. The second-order valence-corrected chi connectivity index (χ2v) is 7.24. The molecule has 0 radical (unpaired) electrons. The summed E-state index contributed by atoms with van der Waals surface area (Å²) >= 11 is 0. The summed E-state index contributed by atoms with van der Waals surface area (Å²) < 4.78 is 0. The number of carbonyl (C=O) groups is 2. The lowest BCUT2D eigenvalue weighted by atomic mass is 10.0. The second-order valence-electron chi connectivity index (χ2n) is 7.24. The molecule has 28 heavy (non-hydrogen) atoms. The maximum atomic E-state index is 10.8. The summed E-state index contributed by atoms with van der Waals surface area (Å²) in [6.07, 6.45) is 2.79. The van der Waals surface area contributed by atoms with Gasteiger partial charge in [0.15, 0.2) is 0 Å². The van der Waals surface area contributed by atoms with Crippen LogP contribution in [-0.2, 0) is 9.59 Å². The van der Waals surface area contributed by atoms with E-state index in [0.29, 0.717) is 57.7 Å². The normalized spacial score (nSPS) is 25.0. The SMILES string of the molecule is N[C@@H](CCCCN1C[C@@H](O)CC2NC(=NCCC[C@H](N)C(=O)O)N=C21)C(=O)O. The monoisotopic (exact) mass is 398 g/mol. The topological polar surface area (TPSA) is 187 Å². The zero-order valence-electron chi connectivity index (χ0n) is 15.8. The van der Waals surface area contributed by atoms with Crippen LogP contribution in [0.1, 0.15) is 38.5 Å². The van der Waals surface area contributed by atoms with Gasteiger partial charge in [0.2, 0.25) is 5.96 Å². The van der Waals surface area contributed by atoms with Crippen LogP contribution in [0.15, 0.2) is 9.98 Å². The van der Waals surface area contributed by atoms with Crippen molar-refractivity contribution in [3.8, 4) is 0 Å². The predicted octanol–water partition coefficient (Wildman–Crippen LogP) is -1.45. The number of rotatable bonds is 11. The molecule has 2 aliphatic heterocycles. The fourth-order valence-corrected chi connectivity index (χ4v) is 3.29. The molecule has 0 aliphatic carbocycles. The first-order valence-corrected chi connectivity index (χ1v) is 9.57. The number of fused-ring (bicyclic) bond motifs is 1. The third-order valence-electron chi connectivity index (χ3n) is 4.86. The van der Waals surface area contributed by atoms with Crippen LogP contribution in [0.4, 0.5) is 0 Å². The number of unbranched alkanes of at least 4 members (excludes halogenated alkanes) is 1. The van der Waals surface area contributed by atoms with Crippen molar-refractivity contribution in [3.63, 3.8) is 0 Å². The lowest BCUT2D eigenvalue weighted by Gasteiger charge is -2.35. The number of carboxylic acid groups (broad SMARTS) is 2. The quantitative estimate of drug-likeness (QED) is 0.226. The van der Waals surface area contributed by atoms with Gasteiger partial charge in [0.25, 0.3) is 0 Å². The van der Waals surface area contributed by atoms with Gasteiger partial charge in [0.05, 0.1) is 12.1 Å². The third-order valence-corrected chi connectivity index (χ3v) is 4.86. The molecule has 0 bridgehead atoms. The first-order valence-electron chi connectivity index (χ1n) is 9.57. The number of aliphatic carboxylic acids is 2. The Balaban J connectivity index is 1.84. The number of β-amino-alcohol motifs (C(OH)–C–C–N with tert-alkyl or cyclic N) is 1. The highest BCUT2D eigenvalue weighted by Crippen LogP contribution is 2.19. The van der Waals surface area contributed by atoms with Crippen molar-refractivity contribution in [3.05, 3.63) is 0 Å². The number of aliphatic hydroxyl groups is 1. The van der Waals surface area contributed by atoms with Gasteiger partial charge in [-0.05, 0) is 32.1 Å². The van der Waals surface area contributed by atoms with E-state index in [4.69, 9.17) is 21.7 Å². The molecule has 0 aromatic heterocycles. The number of aliphatic imine (C=N–C) groups is 2. The molecule has 0 amide bonds. The van der Waals surface area contributed by atoms with Crippen LogP contribution in [-0.4, -0.2) is 87.8 Å². The van der Waals surface area contributed by atoms with Crippen LogP contribution in [0.25, 0.3) is 0 Å². The molecule has 0 saturated carbocycles. The maximum absolute atomic E-state index is 10.8. The van der Waals surface area contributed by atoms with Crippen LogP contribution in [0, 0.1) is 0 Å². The van der Waals surface area contributed by atoms with Gasteiger partial charge in [-0.25, -0.2) is 0 Å². The van der Waals surface area contributed by atoms with Gasteiger partial charge >= 0.3 is 11.9 Å². The van der Waals surface area contributed by atoms with E-state index in [1.807, 2.05) is 4.90 Å². The van der Waals surface area contributed by atoms with E-state index < -0.39 is 30.1 Å². The number of nitrogens with two attached hydrogens (primary N) is 2. The molecule has 2 rings (SSSR count). The molecule has 8 N–H and O–H groups in total. The van der Waals surface area contributed by atoms with Gasteiger partial charge in [-0.1, -0.05) is 0 Å². The molecule has 2 heterocycles. The van der Waals surface area contributed by atoms with E-state index in [0.717, 1.165) is 12.3 Å². The van der Waals surface area contributed by atoms with Crippen molar-refractivity contribution in [2.24, 2.45) is 21.5 Å². The van der Waals surface area contributed by atoms with Gasteiger partial charge in [0, 0.05) is 26.1 Å². The minimum Gasteiger partial charge on any atom is -0.480 e. The highest BCUT2D eigenvalue weighted by Gasteiger charge is 2.35. The van der Waals surface area contributed by atoms with Gasteiger partial charge in [-0.3, -0.25) is 14.6 Å². The summed E-state index contributed by atoms with van der Waals surface area (Å²) in [6.45, 7) is 1.55. The molecule has 158 valence electrons. The Labute approximate surface area is 163 Å². The van der Waals surface area contributed by atoms with E-state index in [1.165, 1.54) is 0 Å². The van der Waals surface area contributed by atoms with Crippen LogP contribution in [0.3, 0.4) is 0 Å². The lowest BCUT2D eigenvalue weighted by Crippen LogP contribution is -2.52. The average Bonchev–Trinajstić information content (AvgIpc) is 3.04. The summed E-state index contributed by atoms with van der Waals surface area (Å²) in [6, 6.07) is -1.84. The molecule has 1 saturated heterocycles. The number of guanidine groups is 1. The standard InChI is InChI=1S/C17H30N6O5/c18-11(15(25)26)4-1-2-7-23-9-10(24)8-13-14(23)22-17(21-13)20-6-3-5-12(19)16(27)28/h10-13,24H,1-9,18-19H2,(H,20,21)(H,25,26)(H,27,28)/t10-,11-,12-,13?/m0/s1. The Hall–Kier alpha value is -2.24. The number of nitrogens with one attached hydrogen (secondary N) is 1. The highest BCUT2D eigenvalue weighted by molar-refractivity contribution is 6.06. The van der Waals surface area contributed by atoms with E-state index in [2.05, 4.69) is 15.3 Å². The number of piperidine rings is 1. The van der Waals surface area contributed by atoms with E-state index >= 15 is 0 Å². The Morgan fingerprint density at radius 3 is 2.46 bits per heavy atom. The minimum absolute atomic E-state index is 0.106. The minimum atomic E-state index is -1.02. The van der Waals surface area contributed by atoms with Gasteiger partial charge in [-0.15, -0.1) is 0 Å². The lowest BCUT2D eigenvalue weighted by molar-refractivity contribution is -0.139. The van der Waals surface area contributed by atoms with Gasteiger partial charge in [-0.2, -0.15) is 4.99 Å². The number of likely N-dealkylation sites (tertiary alicyclic amines) is 1. The summed E-state index contributed by atoms with van der Waals surface area (Å²) in [5.74, 6) is -0.709. The fraction of sp³-hybridized carbons (Fsp3) is 0.765. The summed E-state index contributed by atoms with van der Waals surface area (Å²) in [7, 11) is 0. The van der Waals surface area contributed by atoms with Crippen molar-refractivity contribution in [2.75, 3.05) is 19.6 Å². The zero-order valence-corrected chi connectivity index (χ0v) is 15.8. The molecule has 0 spiro atoms. The van der Waals surface area contributed by atoms with E-state index in [-0.39, 0.29) is 6.04 Å². The maximum Gasteiger partial charge on any atom is 0.320 e. The summed E-state index contributed by atoms with van der Waals surface area (Å²) in [5, 5.41) is 30.9. The van der Waals surface area contributed by atoms with Crippen LogP contribution >= 0.6 is 0 Å². The van der Waals surface area contributed by atoms with E-state index in [1.54, 1.807) is 0 Å². The number of carboxylic acids is 2. The molecule has 11 heteroatoms. The molecule has 0 aromatic carbocycles. The zero-order chi connectivity index (χ0) is 20.7. The molecule has 2 aliphatic rings. The van der Waals surface area contributed by atoms with Crippen molar-refractivity contribution in [2.45, 2.75) is 62.8 Å². The molecule has 1 unspecified atom stereocenters. The van der Waals surface area contributed by atoms with Crippen molar-refractivity contribution >= 4 is 23.7 Å². The molecular weight excluding hydrogens is 368 g/mol. The number of nitrogens with zero attached hydrogens (tertiary/aromatic N) is 3. The Bertz CT molecular complexity index is 625. The summed E-state index contributed by atoms with van der Waals surface area (Å²) in [4.78, 5) is 32.3. The first kappa shape index (κ1) is 22.1. The first-order chi connectivity index (χ1) is 13.3. The second kappa shape index (κ2) is 10.3. The van der Waals surface area contributed by atoms with E-state index in [9.17, 15) is 14.7 Å². The van der Waals surface area contributed by atoms with Gasteiger partial charge < -0.3 is 37.0 Å². The number of hydrogen-bond donors (Lipinski definition) is 6. The molecule has 1 fully saturated rings. The number of hydrogen-bond acceptors (Lipinski definition) is 7. The van der Waals surface area contributed by atoms with Crippen LogP contribution in [0.5, 0.6) is 0 Å². The molecule has 11 nitrogen and oxygen atoms in total. The molecule has 4 atom stereocenters. The Morgan fingerprint density at radius 1 is 1.18 bits per heavy atom. The van der Waals surface area contributed by atoms with Crippen LogP contribution in [0.2, 0.25) is 0 Å². The Kier molecular flexibility index (Phi) is 8.15. The fourth-order valence-electron chi connectivity index (χ4n) is 3.29. The number of aliphatic hydroxyl groups excluding tert-OH is 1. The average molecular weight is 398 g/mol. The third kappa shape index (κ3) is 6.43. The van der Waals surface area contributed by atoms with Gasteiger partial charge in [0.1, 0.15) is 17.9 Å². The largest absolute Gasteiger partial charge is 0.480 e. The molecular formula is C17H30N6O5. The van der Waals surface area contributed by atoms with Crippen molar-refractivity contribution < 1.29 is 24.9 Å². The van der Waals surface area contributed by atoms with Crippen LogP contribution < -0.4 is 16.8 Å². The van der Waals surface area contributed by atoms with Crippen molar-refractivity contribution in [1.29, 1.82) is 0 Å². The highest BCUT2D eigenvalue weighted by atomic mass is 16.4. The predicted molar refractivity (Wildman–Crippen MR) is 103 cm³/mol. The number of amidine groups is 1. The Morgan fingerprint density at radius 2 is 1.82 bits per heavy atom. The van der Waals surface area contributed by atoms with Crippen molar-refractivity contribution in [1.82, 2.24) is 10.2 Å². The molecule has 0 aromatic rings. The summed E-state index contributed by atoms with van der Waals surface area (Å²) in [5.41, 5.74) is 11.0.